The van der Waals surface area contributed by atoms with Crippen LogP contribution in [-0.4, -0.2) is 53.1 Å². The molecule has 0 aliphatic heterocycles. The van der Waals surface area contributed by atoms with Crippen LogP contribution in [0.1, 0.15) is 43.2 Å². The van der Waals surface area contributed by atoms with Crippen molar-refractivity contribution in [3.05, 3.63) is 95.8 Å². The zero-order valence-corrected chi connectivity index (χ0v) is 22.7. The van der Waals surface area contributed by atoms with Gasteiger partial charge in [0.05, 0.1) is 11.7 Å². The molecule has 3 heterocycles. The predicted molar refractivity (Wildman–Crippen MR) is 158 cm³/mol. The lowest BCUT2D eigenvalue weighted by atomic mass is 10.1. The molecule has 3 aromatic heterocycles. The van der Waals surface area contributed by atoms with Gasteiger partial charge < -0.3 is 24.9 Å². The number of hydrogen-bond donors (Lipinski definition) is 3. The van der Waals surface area contributed by atoms with E-state index in [1.165, 1.54) is 16.8 Å². The van der Waals surface area contributed by atoms with Gasteiger partial charge in [-0.15, -0.1) is 0 Å². The number of H-pyrrole nitrogens is 2. The molecule has 196 valence electrons. The van der Waals surface area contributed by atoms with Gasteiger partial charge in [0.2, 0.25) is 5.88 Å². The fourth-order valence-corrected chi connectivity index (χ4v) is 4.17. The van der Waals surface area contributed by atoms with Crippen molar-refractivity contribution in [1.29, 1.82) is 0 Å². The van der Waals surface area contributed by atoms with E-state index in [1.807, 2.05) is 49.8 Å². The van der Waals surface area contributed by atoms with Crippen LogP contribution >= 0.6 is 0 Å². The second-order valence-electron chi connectivity index (χ2n) is 8.97. The van der Waals surface area contributed by atoms with Gasteiger partial charge in [0, 0.05) is 54.7 Å². The molecule has 0 amide bonds. The number of hydrogen-bond acceptors (Lipinski definition) is 4. The topological polar surface area (TPSA) is 69.0 Å². The summed E-state index contributed by atoms with van der Waals surface area (Å²) in [6, 6.07) is 1.98. The fraction of sp³-hybridized carbons (Fsp3) is 0.323. The van der Waals surface area contributed by atoms with Crippen molar-refractivity contribution in [2.75, 3.05) is 33.3 Å². The third-order valence-corrected chi connectivity index (χ3v) is 6.31. The number of ether oxygens (including phenoxy) is 1. The number of rotatable bonds is 15. The average molecular weight is 500 g/mol. The van der Waals surface area contributed by atoms with E-state index in [1.54, 1.807) is 6.08 Å². The Kier molecular flexibility index (Phi) is 11.1. The van der Waals surface area contributed by atoms with Crippen LogP contribution < -0.4 is 10.1 Å². The monoisotopic (exact) mass is 499 g/mol. The lowest BCUT2D eigenvalue weighted by Crippen LogP contribution is -2.28. The van der Waals surface area contributed by atoms with Gasteiger partial charge in [0.1, 0.15) is 6.61 Å². The fourth-order valence-electron chi connectivity index (χ4n) is 4.17. The normalized spacial score (nSPS) is 12.6. The van der Waals surface area contributed by atoms with Gasteiger partial charge in [0.25, 0.3) is 0 Å². The molecule has 0 atom stereocenters. The van der Waals surface area contributed by atoms with Crippen molar-refractivity contribution >= 4 is 23.1 Å². The number of allylic oxidation sites excluding steroid dienone is 4. The van der Waals surface area contributed by atoms with Crippen molar-refractivity contribution in [3.63, 3.8) is 0 Å². The average Bonchev–Trinajstić information content (AvgIpc) is 3.50. The van der Waals surface area contributed by atoms with E-state index >= 15 is 0 Å². The molecular formula is C31H41N5O. The zero-order valence-electron chi connectivity index (χ0n) is 22.7. The molecule has 0 spiro atoms. The zero-order chi connectivity index (χ0) is 26.5. The molecule has 0 bridgehead atoms. The number of nitrogens with zero attached hydrogens (tertiary/aromatic N) is 2. The van der Waals surface area contributed by atoms with Crippen molar-refractivity contribution in [1.82, 2.24) is 25.2 Å². The van der Waals surface area contributed by atoms with Crippen LogP contribution in [0.3, 0.4) is 0 Å². The molecule has 3 aromatic rings. The minimum atomic E-state index is 0.428. The van der Waals surface area contributed by atoms with E-state index in [0.717, 1.165) is 54.5 Å². The number of pyridine rings is 1. The Hall–Kier alpha value is -3.77. The molecule has 3 N–H and O–H groups in total. The van der Waals surface area contributed by atoms with E-state index in [9.17, 15) is 0 Å². The quantitative estimate of drug-likeness (QED) is 0.170. The Morgan fingerprint density at radius 3 is 2.78 bits per heavy atom. The first kappa shape index (κ1) is 27.8. The first-order valence-corrected chi connectivity index (χ1v) is 13.0. The summed E-state index contributed by atoms with van der Waals surface area (Å²) in [6.07, 6.45) is 24.1. The van der Waals surface area contributed by atoms with Crippen molar-refractivity contribution in [2.24, 2.45) is 0 Å². The molecule has 0 fully saturated rings. The smallest absolute Gasteiger partial charge is 0.214 e. The summed E-state index contributed by atoms with van der Waals surface area (Å²) in [4.78, 5) is 13.5. The Labute approximate surface area is 221 Å². The molecule has 6 nitrogen and oxygen atoms in total. The highest BCUT2D eigenvalue weighted by atomic mass is 16.5. The van der Waals surface area contributed by atoms with Gasteiger partial charge in [-0.05, 0) is 68.8 Å². The molecule has 0 radical (unpaired) electrons. The molecule has 6 heteroatoms. The van der Waals surface area contributed by atoms with E-state index in [0.29, 0.717) is 12.5 Å². The summed E-state index contributed by atoms with van der Waals surface area (Å²) in [5, 5.41) is 4.50. The molecule has 0 aromatic carbocycles. The summed E-state index contributed by atoms with van der Waals surface area (Å²) >= 11 is 0. The van der Waals surface area contributed by atoms with Crippen LogP contribution in [0.15, 0.2) is 73.4 Å². The van der Waals surface area contributed by atoms with Gasteiger partial charge in [-0.3, -0.25) is 0 Å². The molecule has 0 aliphatic rings. The summed E-state index contributed by atoms with van der Waals surface area (Å²) < 4.78 is 5.89. The highest BCUT2D eigenvalue weighted by Crippen LogP contribution is 2.23. The second kappa shape index (κ2) is 14.7. The summed E-state index contributed by atoms with van der Waals surface area (Å²) in [6.45, 7) is 13.4. The highest BCUT2D eigenvalue weighted by Gasteiger charge is 2.09. The number of aromatic nitrogens is 3. The van der Waals surface area contributed by atoms with Crippen LogP contribution in [0.4, 0.5) is 0 Å². The van der Waals surface area contributed by atoms with Gasteiger partial charge in [-0.2, -0.15) is 0 Å². The van der Waals surface area contributed by atoms with Crippen molar-refractivity contribution < 1.29 is 4.74 Å². The van der Waals surface area contributed by atoms with Crippen molar-refractivity contribution in [3.8, 4) is 5.88 Å². The van der Waals surface area contributed by atoms with Gasteiger partial charge in [-0.25, -0.2) is 4.98 Å². The molecule has 37 heavy (non-hydrogen) atoms. The Morgan fingerprint density at radius 1 is 1.16 bits per heavy atom. The minimum Gasteiger partial charge on any atom is -0.473 e. The highest BCUT2D eigenvalue weighted by molar-refractivity contribution is 5.88. The lowest BCUT2D eigenvalue weighted by Gasteiger charge is -2.16. The first-order valence-electron chi connectivity index (χ1n) is 13.0. The predicted octanol–water partition coefficient (Wildman–Crippen LogP) is 6.29. The number of fused-ring (bicyclic) bond motifs is 1. The van der Waals surface area contributed by atoms with Crippen molar-refractivity contribution in [2.45, 2.75) is 33.6 Å². The number of aromatic amines is 2. The maximum absolute atomic E-state index is 5.89. The Morgan fingerprint density at radius 2 is 2.03 bits per heavy atom. The lowest BCUT2D eigenvalue weighted by molar-refractivity contribution is 0.341. The molecule has 3 rings (SSSR count). The Bertz CT molecular complexity index is 1260. The Balaban J connectivity index is 1.48. The third kappa shape index (κ3) is 8.12. The first-order chi connectivity index (χ1) is 18.1. The molecule has 0 saturated carbocycles. The molecular weight excluding hydrogens is 458 g/mol. The number of nitrogens with one attached hydrogen (secondary N) is 3. The van der Waals surface area contributed by atoms with E-state index in [-0.39, 0.29) is 0 Å². The van der Waals surface area contributed by atoms with Crippen LogP contribution in [-0.2, 0) is 12.8 Å². The minimum absolute atomic E-state index is 0.428. The summed E-state index contributed by atoms with van der Waals surface area (Å²) in [5.74, 6) is 0.594. The SMILES string of the molecule is C=C/C(=C\C=C/C)COc1cc2c(/C=C\NCCN(C)CCc3c[nH]c(/C=C\C)c3CC)c[nH]c2cn1. The van der Waals surface area contributed by atoms with Crippen LogP contribution in [0.5, 0.6) is 5.88 Å². The van der Waals surface area contributed by atoms with E-state index in [4.69, 9.17) is 4.74 Å². The van der Waals surface area contributed by atoms with E-state index < -0.39 is 0 Å². The maximum Gasteiger partial charge on any atom is 0.214 e. The van der Waals surface area contributed by atoms with Crippen LogP contribution in [0.2, 0.25) is 0 Å². The molecule has 0 aliphatic carbocycles. The summed E-state index contributed by atoms with van der Waals surface area (Å²) in [7, 11) is 2.18. The van der Waals surface area contributed by atoms with Crippen LogP contribution in [0, 0.1) is 0 Å². The largest absolute Gasteiger partial charge is 0.473 e. The van der Waals surface area contributed by atoms with E-state index in [2.05, 4.69) is 77.1 Å². The molecule has 0 unspecified atom stereocenters. The standard InChI is InChI=1S/C31H41N5O/c1-6-10-12-24(8-3)23-37-31-19-28-25(20-34-30(28)22-35-31)13-15-32-16-18-36(5)17-14-26-21-33-29(11-7-2)27(26)9-4/h6-8,10-13,15,19-22,32-34H,3,9,14,16-18,23H2,1-2,4-5H3/b10-6-,11-7-,15-13-,24-12+. The number of likely N-dealkylation sites (N-methyl/N-ethyl adjacent to an activating group) is 1. The summed E-state index contributed by atoms with van der Waals surface area (Å²) in [5.41, 5.74) is 7.16. The maximum atomic E-state index is 5.89. The van der Waals surface area contributed by atoms with Gasteiger partial charge >= 0.3 is 0 Å². The van der Waals surface area contributed by atoms with Crippen LogP contribution in [0.25, 0.3) is 23.1 Å². The molecule has 0 saturated heterocycles. The third-order valence-electron chi connectivity index (χ3n) is 6.31. The van der Waals surface area contributed by atoms with Gasteiger partial charge in [0.15, 0.2) is 0 Å². The van der Waals surface area contributed by atoms with Gasteiger partial charge in [-0.1, -0.05) is 43.9 Å². The second-order valence-corrected chi connectivity index (χ2v) is 8.97.